The van der Waals surface area contributed by atoms with Crippen molar-refractivity contribution >= 4 is 11.8 Å². The highest BCUT2D eigenvalue weighted by atomic mass is 16.2. The van der Waals surface area contributed by atoms with Gasteiger partial charge in [-0.25, -0.2) is 0 Å². The largest absolute Gasteiger partial charge is 0.354 e. The Morgan fingerprint density at radius 1 is 0.967 bits per heavy atom. The van der Waals surface area contributed by atoms with Crippen LogP contribution in [0.25, 0.3) is 0 Å². The summed E-state index contributed by atoms with van der Waals surface area (Å²) in [5.41, 5.74) is 5.46. The second-order valence-electron chi connectivity index (χ2n) is 8.68. The SMILES string of the molecule is CC[C@@H](C(=O)NCC(C)C)N(Cc1ccc(C)cc1)C(=O)Cc1cc(C)ccc1C. The summed E-state index contributed by atoms with van der Waals surface area (Å²) in [6.07, 6.45) is 0.877. The molecule has 2 amide bonds. The van der Waals surface area contributed by atoms with Crippen LogP contribution >= 0.6 is 0 Å². The fourth-order valence-electron chi connectivity index (χ4n) is 3.49. The molecule has 4 heteroatoms. The predicted octanol–water partition coefficient (Wildman–Crippen LogP) is 4.73. The van der Waals surface area contributed by atoms with Crippen molar-refractivity contribution in [2.45, 2.75) is 67.0 Å². The first-order valence-corrected chi connectivity index (χ1v) is 10.9. The number of nitrogens with zero attached hydrogens (tertiary/aromatic N) is 1. The minimum absolute atomic E-state index is 0.0178. The molecular formula is C26H36N2O2. The van der Waals surface area contributed by atoms with E-state index in [9.17, 15) is 9.59 Å². The van der Waals surface area contributed by atoms with Crippen LogP contribution in [-0.2, 0) is 22.6 Å². The Bertz CT molecular complexity index is 856. The molecule has 2 rings (SSSR count). The van der Waals surface area contributed by atoms with Crippen LogP contribution in [0.15, 0.2) is 42.5 Å². The van der Waals surface area contributed by atoms with Gasteiger partial charge in [-0.15, -0.1) is 0 Å². The second kappa shape index (κ2) is 11.0. The van der Waals surface area contributed by atoms with Crippen molar-refractivity contribution in [1.29, 1.82) is 0 Å². The molecule has 1 N–H and O–H groups in total. The summed E-state index contributed by atoms with van der Waals surface area (Å²) in [7, 11) is 0. The average Bonchev–Trinajstić information content (AvgIpc) is 2.70. The molecule has 0 heterocycles. The Balaban J connectivity index is 2.30. The van der Waals surface area contributed by atoms with E-state index in [-0.39, 0.29) is 11.8 Å². The Morgan fingerprint density at radius 2 is 1.60 bits per heavy atom. The predicted molar refractivity (Wildman–Crippen MR) is 123 cm³/mol. The fourth-order valence-corrected chi connectivity index (χ4v) is 3.49. The molecule has 0 radical (unpaired) electrons. The van der Waals surface area contributed by atoms with Crippen LogP contribution in [0, 0.1) is 26.7 Å². The van der Waals surface area contributed by atoms with Gasteiger partial charge in [-0.2, -0.15) is 0 Å². The van der Waals surface area contributed by atoms with Gasteiger partial charge in [-0.05, 0) is 49.8 Å². The number of carbonyl (C=O) groups is 2. The first-order chi connectivity index (χ1) is 14.2. The number of aryl methyl sites for hydroxylation is 3. The van der Waals surface area contributed by atoms with E-state index in [1.807, 2.05) is 52.0 Å². The lowest BCUT2D eigenvalue weighted by Crippen LogP contribution is -2.50. The summed E-state index contributed by atoms with van der Waals surface area (Å²) in [5.74, 6) is 0.270. The maximum Gasteiger partial charge on any atom is 0.242 e. The number of nitrogens with one attached hydrogen (secondary N) is 1. The van der Waals surface area contributed by atoms with Crippen LogP contribution in [0.1, 0.15) is 55.0 Å². The molecule has 2 aromatic rings. The summed E-state index contributed by atoms with van der Waals surface area (Å²) >= 11 is 0. The van der Waals surface area contributed by atoms with Gasteiger partial charge in [-0.3, -0.25) is 9.59 Å². The average molecular weight is 409 g/mol. The van der Waals surface area contributed by atoms with Gasteiger partial charge in [0, 0.05) is 13.1 Å². The molecular weight excluding hydrogens is 372 g/mol. The van der Waals surface area contributed by atoms with E-state index in [1.165, 1.54) is 5.56 Å². The molecule has 0 fully saturated rings. The summed E-state index contributed by atoms with van der Waals surface area (Å²) in [4.78, 5) is 28.1. The Kier molecular flexibility index (Phi) is 8.64. The first kappa shape index (κ1) is 23.7. The Morgan fingerprint density at radius 3 is 2.20 bits per heavy atom. The highest BCUT2D eigenvalue weighted by Crippen LogP contribution is 2.18. The van der Waals surface area contributed by atoms with E-state index >= 15 is 0 Å². The molecule has 0 aliphatic carbocycles. The minimum atomic E-state index is -0.484. The van der Waals surface area contributed by atoms with E-state index in [0.29, 0.717) is 31.8 Å². The molecule has 0 aliphatic rings. The molecule has 0 unspecified atom stereocenters. The van der Waals surface area contributed by atoms with E-state index in [1.54, 1.807) is 4.90 Å². The third-order valence-electron chi connectivity index (χ3n) is 5.39. The number of rotatable bonds is 9. The van der Waals surface area contributed by atoms with Crippen molar-refractivity contribution in [3.05, 3.63) is 70.3 Å². The number of hydrogen-bond donors (Lipinski definition) is 1. The van der Waals surface area contributed by atoms with Gasteiger partial charge in [-0.1, -0.05) is 74.4 Å². The van der Waals surface area contributed by atoms with Crippen molar-refractivity contribution in [3.63, 3.8) is 0 Å². The zero-order chi connectivity index (χ0) is 22.3. The number of carbonyl (C=O) groups excluding carboxylic acids is 2. The smallest absolute Gasteiger partial charge is 0.242 e. The van der Waals surface area contributed by atoms with Gasteiger partial charge in [0.2, 0.25) is 11.8 Å². The Labute approximate surface area is 181 Å². The molecule has 2 aromatic carbocycles. The quantitative estimate of drug-likeness (QED) is 0.652. The highest BCUT2D eigenvalue weighted by molar-refractivity contribution is 5.88. The molecule has 0 aromatic heterocycles. The van der Waals surface area contributed by atoms with Crippen LogP contribution in [0.4, 0.5) is 0 Å². The third-order valence-corrected chi connectivity index (χ3v) is 5.39. The summed E-state index contributed by atoms with van der Waals surface area (Å²) in [6.45, 7) is 13.2. The lowest BCUT2D eigenvalue weighted by atomic mass is 10.0. The standard InChI is InChI=1S/C26H36N2O2/c1-7-24(26(30)27-16-18(2)3)28(17-22-12-9-19(4)10-13-22)25(29)15-23-14-20(5)8-11-21(23)6/h8-14,18,24H,7,15-17H2,1-6H3,(H,27,30)/t24-/m0/s1. The summed E-state index contributed by atoms with van der Waals surface area (Å²) in [5, 5.41) is 3.01. The van der Waals surface area contributed by atoms with Gasteiger partial charge in [0.15, 0.2) is 0 Å². The van der Waals surface area contributed by atoms with Crippen LogP contribution < -0.4 is 5.32 Å². The van der Waals surface area contributed by atoms with Crippen LogP contribution in [0.5, 0.6) is 0 Å². The molecule has 30 heavy (non-hydrogen) atoms. The maximum absolute atomic E-state index is 13.4. The highest BCUT2D eigenvalue weighted by Gasteiger charge is 2.28. The lowest BCUT2D eigenvalue weighted by Gasteiger charge is -2.31. The van der Waals surface area contributed by atoms with Crippen LogP contribution in [-0.4, -0.2) is 29.3 Å². The number of amides is 2. The van der Waals surface area contributed by atoms with Gasteiger partial charge < -0.3 is 10.2 Å². The zero-order valence-corrected chi connectivity index (χ0v) is 19.3. The van der Waals surface area contributed by atoms with Gasteiger partial charge in [0.25, 0.3) is 0 Å². The molecule has 1 atom stereocenters. The maximum atomic E-state index is 13.4. The van der Waals surface area contributed by atoms with E-state index in [2.05, 4.69) is 37.4 Å². The summed E-state index contributed by atoms with van der Waals surface area (Å²) < 4.78 is 0. The van der Waals surface area contributed by atoms with Crippen molar-refractivity contribution in [3.8, 4) is 0 Å². The minimum Gasteiger partial charge on any atom is -0.354 e. The van der Waals surface area contributed by atoms with Gasteiger partial charge >= 0.3 is 0 Å². The van der Waals surface area contributed by atoms with E-state index in [4.69, 9.17) is 0 Å². The van der Waals surface area contributed by atoms with Gasteiger partial charge in [0.05, 0.1) is 6.42 Å². The topological polar surface area (TPSA) is 49.4 Å². The van der Waals surface area contributed by atoms with Crippen molar-refractivity contribution in [1.82, 2.24) is 10.2 Å². The number of hydrogen-bond acceptors (Lipinski definition) is 2. The Hall–Kier alpha value is -2.62. The molecule has 4 nitrogen and oxygen atoms in total. The molecule has 0 saturated carbocycles. The third kappa shape index (κ3) is 6.72. The molecule has 0 aliphatic heterocycles. The zero-order valence-electron chi connectivity index (χ0n) is 19.3. The normalized spacial score (nSPS) is 12.0. The number of benzene rings is 2. The second-order valence-corrected chi connectivity index (χ2v) is 8.68. The lowest BCUT2D eigenvalue weighted by molar-refractivity contribution is -0.141. The van der Waals surface area contributed by atoms with Crippen molar-refractivity contribution in [2.24, 2.45) is 5.92 Å². The van der Waals surface area contributed by atoms with E-state index in [0.717, 1.165) is 22.3 Å². The monoisotopic (exact) mass is 408 g/mol. The molecule has 162 valence electrons. The summed E-state index contributed by atoms with van der Waals surface area (Å²) in [6, 6.07) is 13.8. The molecule has 0 spiro atoms. The van der Waals surface area contributed by atoms with Crippen molar-refractivity contribution in [2.75, 3.05) is 6.54 Å². The first-order valence-electron chi connectivity index (χ1n) is 10.9. The van der Waals surface area contributed by atoms with Crippen LogP contribution in [0.2, 0.25) is 0 Å². The molecule has 0 bridgehead atoms. The molecule has 0 saturated heterocycles. The fraction of sp³-hybridized carbons (Fsp3) is 0.462. The van der Waals surface area contributed by atoms with Gasteiger partial charge in [0.1, 0.15) is 6.04 Å². The van der Waals surface area contributed by atoms with E-state index < -0.39 is 6.04 Å². The van der Waals surface area contributed by atoms with Crippen LogP contribution in [0.3, 0.4) is 0 Å². The van der Waals surface area contributed by atoms with Crippen molar-refractivity contribution < 1.29 is 9.59 Å².